The molecule has 1 heterocycles. The highest BCUT2D eigenvalue weighted by Gasteiger charge is 2.28. The Balaban J connectivity index is 0.00000320. The maximum absolute atomic E-state index is 13.5. The maximum Gasteiger partial charge on any atom is 0.180 e. The second kappa shape index (κ2) is 7.75. The molecule has 22 heavy (non-hydrogen) atoms. The number of rotatable bonds is 5. The summed E-state index contributed by atoms with van der Waals surface area (Å²) >= 11 is 0. The minimum Gasteiger partial charge on any atom is -0.293 e. The predicted molar refractivity (Wildman–Crippen MR) is 95.0 cm³/mol. The van der Waals surface area contributed by atoms with Crippen molar-refractivity contribution in [2.75, 3.05) is 13.0 Å². The van der Waals surface area contributed by atoms with Gasteiger partial charge in [0.2, 0.25) is 0 Å². The van der Waals surface area contributed by atoms with E-state index in [1.165, 1.54) is 0 Å². The number of fused-ring (bicyclic) bond motifs is 1. The largest absolute Gasteiger partial charge is 0.293 e. The summed E-state index contributed by atoms with van der Waals surface area (Å²) in [5.41, 5.74) is 0.279. The lowest BCUT2D eigenvalue weighted by Gasteiger charge is -2.26. The Morgan fingerprint density at radius 1 is 1.18 bits per heavy atom. The van der Waals surface area contributed by atoms with Crippen molar-refractivity contribution in [2.45, 2.75) is 38.6 Å². The highest BCUT2D eigenvalue weighted by atomic mass is 35.5. The van der Waals surface area contributed by atoms with E-state index in [-0.39, 0.29) is 24.4 Å². The summed E-state index contributed by atoms with van der Waals surface area (Å²) in [6.45, 7) is -4.30. The van der Waals surface area contributed by atoms with Gasteiger partial charge in [0.15, 0.2) is 5.78 Å². The van der Waals surface area contributed by atoms with Crippen molar-refractivity contribution < 1.29 is 15.8 Å². The molecule has 0 spiro atoms. The molecular weight excluding hydrogens is 294 g/mol. The average Bonchev–Trinajstić information content (AvgIpc) is 2.72. The van der Waals surface area contributed by atoms with Crippen LogP contribution in [0.3, 0.4) is 0 Å². The first-order valence-electron chi connectivity index (χ1n) is 11.1. The van der Waals surface area contributed by atoms with Gasteiger partial charge >= 0.3 is 0 Å². The first-order valence-corrected chi connectivity index (χ1v) is 7.13. The number of hydrogen-bond acceptors (Lipinski definition) is 2. The van der Waals surface area contributed by atoms with Gasteiger partial charge < -0.3 is 0 Å². The fourth-order valence-corrected chi connectivity index (χ4v) is 2.63. The Labute approximate surface area is 150 Å². The normalized spacial score (nSPS) is 31.0. The fourth-order valence-electron chi connectivity index (χ4n) is 2.63. The van der Waals surface area contributed by atoms with Crippen LogP contribution in [0.2, 0.25) is 0 Å². The molecule has 0 saturated carbocycles. The van der Waals surface area contributed by atoms with Crippen molar-refractivity contribution in [3.63, 3.8) is 0 Å². The van der Waals surface area contributed by atoms with Crippen LogP contribution in [0.15, 0.2) is 42.5 Å². The van der Waals surface area contributed by atoms with Crippen molar-refractivity contribution in [3.8, 4) is 0 Å². The second-order valence-corrected chi connectivity index (χ2v) is 5.04. The summed E-state index contributed by atoms with van der Waals surface area (Å²) in [4.78, 5) is 14.0. The van der Waals surface area contributed by atoms with Crippen LogP contribution in [0.5, 0.6) is 0 Å². The molecule has 0 radical (unpaired) electrons. The van der Waals surface area contributed by atoms with Gasteiger partial charge in [-0.25, -0.2) is 0 Å². The van der Waals surface area contributed by atoms with Crippen LogP contribution in [0, 0.1) is 0 Å². The molecule has 1 fully saturated rings. The smallest absolute Gasteiger partial charge is 0.180 e. The molecule has 0 N–H and O–H groups in total. The van der Waals surface area contributed by atoms with Crippen molar-refractivity contribution in [2.24, 2.45) is 0 Å². The molecule has 118 valence electrons. The Kier molecular flexibility index (Phi) is 3.19. The van der Waals surface area contributed by atoms with Crippen molar-refractivity contribution >= 4 is 29.0 Å². The first kappa shape index (κ1) is 9.05. The van der Waals surface area contributed by atoms with Crippen LogP contribution >= 0.6 is 12.4 Å². The van der Waals surface area contributed by atoms with Crippen LogP contribution in [-0.2, 0) is 0 Å². The Morgan fingerprint density at radius 2 is 1.86 bits per heavy atom. The highest BCUT2D eigenvalue weighted by Crippen LogP contribution is 2.24. The number of ketones is 1. The van der Waals surface area contributed by atoms with E-state index >= 15 is 0 Å². The summed E-state index contributed by atoms with van der Waals surface area (Å²) in [6, 6.07) is 10.9. The Morgan fingerprint density at radius 3 is 2.59 bits per heavy atom. The van der Waals surface area contributed by atoms with Crippen LogP contribution in [-0.4, -0.2) is 29.7 Å². The van der Waals surface area contributed by atoms with Gasteiger partial charge in [0.1, 0.15) is 0 Å². The molecule has 0 bridgehead atoms. The summed E-state index contributed by atoms with van der Waals surface area (Å²) < 4.78 is 65.1. The summed E-state index contributed by atoms with van der Waals surface area (Å²) in [7, 11) is 0. The molecule has 1 aliphatic heterocycles. The number of benzene rings is 2. The number of Topliss-reactive ketones (excluding diaryl/α,β-unsaturated/α-hetero) is 1. The Bertz CT molecular complexity index is 918. The molecule has 2 nitrogen and oxygen atoms in total. The van der Waals surface area contributed by atoms with E-state index in [0.717, 1.165) is 5.39 Å². The van der Waals surface area contributed by atoms with Crippen LogP contribution < -0.4 is 0 Å². The second-order valence-electron chi connectivity index (χ2n) is 5.04. The van der Waals surface area contributed by atoms with E-state index < -0.39 is 37.6 Å². The lowest BCUT2D eigenvalue weighted by molar-refractivity contribution is 0.0839. The molecule has 2 aromatic rings. The molecule has 3 rings (SSSR count). The van der Waals surface area contributed by atoms with Crippen LogP contribution in [0.25, 0.3) is 10.8 Å². The summed E-state index contributed by atoms with van der Waals surface area (Å²) in [5.74, 6) is -0.551. The van der Waals surface area contributed by atoms with Crippen LogP contribution in [0.1, 0.15) is 53.8 Å². The van der Waals surface area contributed by atoms with Gasteiger partial charge in [0.05, 0.1) is 6.04 Å². The number of carbonyl (C=O) groups excluding carboxylic acids is 1. The monoisotopic (exact) mass is 325 g/mol. The third-order valence-electron chi connectivity index (χ3n) is 3.65. The first-order chi connectivity index (χ1) is 13.3. The third-order valence-corrected chi connectivity index (χ3v) is 3.65. The third kappa shape index (κ3) is 3.34. The van der Waals surface area contributed by atoms with Crippen LogP contribution in [0.4, 0.5) is 0 Å². The lowest BCUT2D eigenvalue weighted by Crippen LogP contribution is -2.39. The molecule has 0 aliphatic carbocycles. The van der Waals surface area contributed by atoms with Crippen molar-refractivity contribution in [1.29, 1.82) is 0 Å². The van der Waals surface area contributed by atoms with Gasteiger partial charge in [0, 0.05) is 16.5 Å². The SMILES string of the molecule is Cl.[2H]C1([2H])N(C(CCC)C(=O)c2cccc3ccccc23)C([2H])([2H])C([2H])([2H])C1([2H])[2H]. The van der Waals surface area contributed by atoms with Gasteiger partial charge in [-0.2, -0.15) is 0 Å². The molecule has 0 amide bonds. The van der Waals surface area contributed by atoms with Gasteiger partial charge in [-0.1, -0.05) is 55.8 Å². The van der Waals surface area contributed by atoms with E-state index in [1.54, 1.807) is 31.2 Å². The van der Waals surface area contributed by atoms with Gasteiger partial charge in [-0.3, -0.25) is 9.69 Å². The van der Waals surface area contributed by atoms with E-state index in [4.69, 9.17) is 11.0 Å². The summed E-state index contributed by atoms with van der Waals surface area (Å²) in [5, 5.41) is 1.43. The molecule has 1 atom stereocenters. The number of nitrogens with zero attached hydrogens (tertiary/aromatic N) is 1. The zero-order valence-corrected chi connectivity index (χ0v) is 13.1. The van der Waals surface area contributed by atoms with Crippen molar-refractivity contribution in [1.82, 2.24) is 4.90 Å². The molecule has 0 aromatic heterocycles. The van der Waals surface area contributed by atoms with Gasteiger partial charge in [-0.15, -0.1) is 12.4 Å². The summed E-state index contributed by atoms with van der Waals surface area (Å²) in [6.07, 6.45) is -5.84. The van der Waals surface area contributed by atoms with Crippen molar-refractivity contribution in [3.05, 3.63) is 48.0 Å². The zero-order chi connectivity index (χ0) is 21.8. The van der Waals surface area contributed by atoms with Gasteiger partial charge in [-0.05, 0) is 42.9 Å². The van der Waals surface area contributed by atoms with E-state index in [1.807, 2.05) is 18.2 Å². The molecular formula is C19H24ClNO. The lowest BCUT2D eigenvalue weighted by atomic mass is 9.94. The number of hydrogen-bond donors (Lipinski definition) is 0. The molecule has 1 saturated heterocycles. The Hall–Kier alpha value is -1.38. The average molecular weight is 326 g/mol. The maximum atomic E-state index is 13.5. The molecule has 1 aliphatic rings. The minimum atomic E-state index is -3.16. The topological polar surface area (TPSA) is 20.3 Å². The molecule has 2 aromatic carbocycles. The van der Waals surface area contributed by atoms with Gasteiger partial charge in [0.25, 0.3) is 0 Å². The molecule has 1 unspecified atom stereocenters. The molecule has 3 heteroatoms. The van der Waals surface area contributed by atoms with E-state index in [9.17, 15) is 4.79 Å². The fraction of sp³-hybridized carbons (Fsp3) is 0.421. The quantitative estimate of drug-likeness (QED) is 0.742. The number of carbonyl (C=O) groups is 1. The minimum absolute atomic E-state index is 0. The number of likely N-dealkylation sites (tertiary alicyclic amines) is 1. The zero-order valence-electron chi connectivity index (χ0n) is 20.3. The standard InChI is InChI=1S/C19H23NO.ClH/c1-2-8-18(20-13-5-6-14-20)19(21)17-12-7-10-15-9-3-4-11-16(15)17;/h3-4,7,9-12,18H,2,5-6,8,13-14H2,1H3;1H/i5D2,6D2,13D2,14D2;. The predicted octanol–water partition coefficient (Wildman–Crippen LogP) is 4.71. The van der Waals surface area contributed by atoms with E-state index in [0.29, 0.717) is 16.7 Å². The number of halogens is 1. The highest BCUT2D eigenvalue weighted by molar-refractivity contribution is 6.10. The van der Waals surface area contributed by atoms with E-state index in [2.05, 4.69) is 0 Å².